The van der Waals surface area contributed by atoms with Gasteiger partial charge in [0.1, 0.15) is 10.6 Å². The number of halogens is 3. The van der Waals surface area contributed by atoms with Gasteiger partial charge in [-0.25, -0.2) is 9.97 Å². The number of hydrogen-bond acceptors (Lipinski definition) is 5. The van der Waals surface area contributed by atoms with Crippen LogP contribution in [0.5, 0.6) is 0 Å². The van der Waals surface area contributed by atoms with E-state index < -0.39 is 12.0 Å². The quantitative estimate of drug-likeness (QED) is 0.641. The zero-order valence-corrected chi connectivity index (χ0v) is 14.7. The Balaban J connectivity index is 1.72. The van der Waals surface area contributed by atoms with E-state index in [1.807, 2.05) is 25.1 Å². The molecule has 1 aromatic carbocycles. The van der Waals surface area contributed by atoms with Crippen LogP contribution in [0.1, 0.15) is 28.2 Å². The van der Waals surface area contributed by atoms with Gasteiger partial charge in [-0.2, -0.15) is 18.4 Å². The molecule has 0 aliphatic heterocycles. The summed E-state index contributed by atoms with van der Waals surface area (Å²) < 4.78 is 39.0. The SMILES string of the molecule is Cc1cc2c(NCCCc3cccc(C#N)c3)nc(C(F)(F)F)nc2s1. The minimum absolute atomic E-state index is 0.206. The number of fused-ring (bicyclic) bond motifs is 1. The summed E-state index contributed by atoms with van der Waals surface area (Å²) in [7, 11) is 0. The van der Waals surface area contributed by atoms with E-state index in [2.05, 4.69) is 21.4 Å². The molecule has 0 unspecified atom stereocenters. The molecule has 0 saturated carbocycles. The van der Waals surface area contributed by atoms with Gasteiger partial charge in [-0.15, -0.1) is 11.3 Å². The summed E-state index contributed by atoms with van der Waals surface area (Å²) in [6, 6.07) is 11.2. The molecule has 3 aromatic rings. The van der Waals surface area contributed by atoms with Gasteiger partial charge in [-0.1, -0.05) is 12.1 Å². The largest absolute Gasteiger partial charge is 0.451 e. The maximum Gasteiger partial charge on any atom is 0.451 e. The van der Waals surface area contributed by atoms with Gasteiger partial charge in [0.25, 0.3) is 0 Å². The van der Waals surface area contributed by atoms with Gasteiger partial charge in [0.2, 0.25) is 5.82 Å². The minimum Gasteiger partial charge on any atom is -0.369 e. The number of nitrogens with zero attached hydrogens (tertiary/aromatic N) is 3. The molecular weight excluding hydrogens is 361 g/mol. The van der Waals surface area contributed by atoms with Crippen LogP contribution in [0.25, 0.3) is 10.2 Å². The Bertz CT molecular complexity index is 973. The number of hydrogen-bond donors (Lipinski definition) is 1. The van der Waals surface area contributed by atoms with Gasteiger partial charge in [0.15, 0.2) is 0 Å². The number of benzene rings is 1. The number of alkyl halides is 3. The predicted octanol–water partition coefficient (Wildman–Crippen LogP) is 4.93. The molecule has 0 amide bonds. The summed E-state index contributed by atoms with van der Waals surface area (Å²) >= 11 is 1.22. The topological polar surface area (TPSA) is 61.6 Å². The summed E-state index contributed by atoms with van der Waals surface area (Å²) in [5.41, 5.74) is 1.61. The third-order valence-corrected chi connectivity index (χ3v) is 4.70. The van der Waals surface area contributed by atoms with E-state index in [0.29, 0.717) is 35.2 Å². The fraction of sp³-hybridized carbons (Fsp3) is 0.278. The first kappa shape index (κ1) is 18.1. The first-order valence-corrected chi connectivity index (χ1v) is 8.77. The van der Waals surface area contributed by atoms with Crippen LogP contribution in [0.3, 0.4) is 0 Å². The molecule has 8 heteroatoms. The number of anilines is 1. The molecule has 0 fully saturated rings. The summed E-state index contributed by atoms with van der Waals surface area (Å²) in [6.07, 6.45) is -3.17. The molecule has 4 nitrogen and oxygen atoms in total. The lowest BCUT2D eigenvalue weighted by Gasteiger charge is -2.10. The van der Waals surface area contributed by atoms with Crippen LogP contribution in [0.2, 0.25) is 0 Å². The zero-order valence-electron chi connectivity index (χ0n) is 13.9. The van der Waals surface area contributed by atoms with Gasteiger partial charge >= 0.3 is 6.18 Å². The van der Waals surface area contributed by atoms with Crippen molar-refractivity contribution in [3.8, 4) is 6.07 Å². The molecule has 26 heavy (non-hydrogen) atoms. The average Bonchev–Trinajstić information content (AvgIpc) is 2.98. The lowest BCUT2D eigenvalue weighted by molar-refractivity contribution is -0.144. The van der Waals surface area contributed by atoms with Crippen molar-refractivity contribution in [2.75, 3.05) is 11.9 Å². The Morgan fingerprint density at radius 3 is 2.77 bits per heavy atom. The Hall–Kier alpha value is -2.66. The van der Waals surface area contributed by atoms with Crippen molar-refractivity contribution >= 4 is 27.4 Å². The third-order valence-electron chi connectivity index (χ3n) is 3.76. The predicted molar refractivity (Wildman–Crippen MR) is 95.1 cm³/mol. The van der Waals surface area contributed by atoms with Gasteiger partial charge < -0.3 is 5.32 Å². The van der Waals surface area contributed by atoms with Crippen molar-refractivity contribution < 1.29 is 13.2 Å². The highest BCUT2D eigenvalue weighted by atomic mass is 32.1. The molecule has 1 N–H and O–H groups in total. The first-order valence-electron chi connectivity index (χ1n) is 7.95. The van der Waals surface area contributed by atoms with E-state index in [4.69, 9.17) is 5.26 Å². The van der Waals surface area contributed by atoms with Gasteiger partial charge in [0, 0.05) is 11.4 Å². The number of rotatable bonds is 5. The molecule has 0 atom stereocenters. The molecule has 2 aromatic heterocycles. The highest BCUT2D eigenvalue weighted by Crippen LogP contribution is 2.33. The van der Waals surface area contributed by atoms with Gasteiger partial charge in [-0.05, 0) is 43.5 Å². The molecule has 134 valence electrons. The van der Waals surface area contributed by atoms with Crippen molar-refractivity contribution in [1.82, 2.24) is 9.97 Å². The molecule has 2 heterocycles. The van der Waals surface area contributed by atoms with E-state index in [9.17, 15) is 13.2 Å². The average molecular weight is 376 g/mol. The van der Waals surface area contributed by atoms with E-state index >= 15 is 0 Å². The van der Waals surface area contributed by atoms with E-state index in [1.165, 1.54) is 11.3 Å². The molecule has 0 spiro atoms. The van der Waals surface area contributed by atoms with Crippen molar-refractivity contribution in [2.45, 2.75) is 25.9 Å². The van der Waals surface area contributed by atoms with Crippen LogP contribution in [0.15, 0.2) is 30.3 Å². The van der Waals surface area contributed by atoms with E-state index in [1.54, 1.807) is 12.1 Å². The lowest BCUT2D eigenvalue weighted by Crippen LogP contribution is -2.13. The Morgan fingerprint density at radius 2 is 2.04 bits per heavy atom. The Labute approximate surface area is 152 Å². The van der Waals surface area contributed by atoms with Crippen LogP contribution >= 0.6 is 11.3 Å². The van der Waals surface area contributed by atoms with Crippen molar-refractivity contribution in [1.29, 1.82) is 5.26 Å². The fourth-order valence-corrected chi connectivity index (χ4v) is 3.48. The first-order chi connectivity index (χ1) is 12.4. The maximum atomic E-state index is 13.0. The summed E-state index contributed by atoms with van der Waals surface area (Å²) in [5, 5.41) is 12.5. The summed E-state index contributed by atoms with van der Waals surface area (Å²) in [5.74, 6) is -0.923. The van der Waals surface area contributed by atoms with Crippen LogP contribution in [-0.4, -0.2) is 16.5 Å². The van der Waals surface area contributed by atoms with Gasteiger partial charge in [0.05, 0.1) is 17.0 Å². The number of thiophene rings is 1. The normalized spacial score (nSPS) is 11.5. The smallest absolute Gasteiger partial charge is 0.369 e. The lowest BCUT2D eigenvalue weighted by atomic mass is 10.1. The summed E-state index contributed by atoms with van der Waals surface area (Å²) in [4.78, 5) is 8.52. The second-order valence-electron chi connectivity index (χ2n) is 5.81. The third kappa shape index (κ3) is 4.11. The van der Waals surface area contributed by atoms with E-state index in [0.717, 1.165) is 10.4 Å². The monoisotopic (exact) mass is 376 g/mol. The Morgan fingerprint density at radius 1 is 1.23 bits per heavy atom. The standard InChI is InChI=1S/C18H15F3N4S/c1-11-8-14-15(24-17(18(19,20)21)25-16(14)26-11)23-7-3-6-12-4-2-5-13(9-12)10-22/h2,4-5,8-9H,3,6-7H2,1H3,(H,23,24,25). The molecule has 3 rings (SSSR count). The molecule has 0 saturated heterocycles. The number of nitrogens with one attached hydrogen (secondary N) is 1. The second kappa shape index (κ2) is 7.30. The Kier molecular flexibility index (Phi) is 5.09. The number of nitriles is 1. The van der Waals surface area contributed by atoms with Crippen LogP contribution < -0.4 is 5.32 Å². The van der Waals surface area contributed by atoms with Crippen molar-refractivity contribution in [3.63, 3.8) is 0 Å². The molecule has 0 aliphatic carbocycles. The van der Waals surface area contributed by atoms with Crippen LogP contribution in [-0.2, 0) is 12.6 Å². The minimum atomic E-state index is -4.58. The summed E-state index contributed by atoms with van der Waals surface area (Å²) in [6.45, 7) is 2.29. The van der Waals surface area contributed by atoms with Crippen molar-refractivity contribution in [2.24, 2.45) is 0 Å². The maximum absolute atomic E-state index is 13.0. The van der Waals surface area contributed by atoms with Crippen LogP contribution in [0.4, 0.5) is 19.0 Å². The molecule has 0 radical (unpaired) electrons. The highest BCUT2D eigenvalue weighted by molar-refractivity contribution is 7.18. The molecule has 0 bridgehead atoms. The molecular formula is C18H15F3N4S. The fourth-order valence-electron chi connectivity index (χ4n) is 2.60. The van der Waals surface area contributed by atoms with Crippen LogP contribution in [0, 0.1) is 18.3 Å². The number of aromatic nitrogens is 2. The van der Waals surface area contributed by atoms with E-state index in [-0.39, 0.29) is 5.82 Å². The van der Waals surface area contributed by atoms with Gasteiger partial charge in [-0.3, -0.25) is 0 Å². The molecule has 0 aliphatic rings. The number of aryl methyl sites for hydroxylation is 2. The second-order valence-corrected chi connectivity index (χ2v) is 7.05. The van der Waals surface area contributed by atoms with Crippen molar-refractivity contribution in [3.05, 3.63) is 52.2 Å². The zero-order chi connectivity index (χ0) is 18.7. The highest BCUT2D eigenvalue weighted by Gasteiger charge is 2.35.